The van der Waals surface area contributed by atoms with Crippen LogP contribution in [0, 0.1) is 36.5 Å². The Kier molecular flexibility index (Phi) is 19.8. The maximum absolute atomic E-state index is 13.1. The SMILES string of the molecule is Cc1c(CN2CCC(Nc3ncnc4sc(CC(F)(F)F)cc34)CC2)ccc2c1cc(C#N)n2CC1(c2ccc(CC(c3ccccc3)(c3ccccc3)c3ccccc3)nc2)CC1.Cc1c(CN2CCC(Nc3ncnc4sc(CC(F)(F)F)cc34)CC2)ccc2c1cc(C#N)n2CC1(c2ccc(N)nc2)CC1. The van der Waals surface area contributed by atoms with Crippen molar-refractivity contribution < 1.29 is 26.3 Å². The van der Waals surface area contributed by atoms with Crippen molar-refractivity contribution in [2.24, 2.45) is 0 Å². The van der Waals surface area contributed by atoms with Crippen LogP contribution in [0.15, 0.2) is 189 Å². The van der Waals surface area contributed by atoms with Crippen molar-refractivity contribution in [3.05, 3.63) is 266 Å². The maximum atomic E-state index is 13.1. The van der Waals surface area contributed by atoms with Crippen molar-refractivity contribution >= 4 is 82.4 Å². The molecule has 0 unspecified atom stereocenters. The van der Waals surface area contributed by atoms with Gasteiger partial charge in [0.05, 0.1) is 29.0 Å². The van der Waals surface area contributed by atoms with Crippen molar-refractivity contribution in [1.82, 2.24) is 48.8 Å². The number of hydrogen-bond donors (Lipinski definition) is 3. The highest BCUT2D eigenvalue weighted by atomic mass is 32.1. The Labute approximate surface area is 636 Å². The third kappa shape index (κ3) is 15.4. The Morgan fingerprint density at radius 2 is 0.899 bits per heavy atom. The van der Waals surface area contributed by atoms with E-state index >= 15 is 0 Å². The number of aromatic nitrogens is 8. The molecule has 23 heteroatoms. The van der Waals surface area contributed by atoms with E-state index in [2.05, 4.69) is 226 Å². The number of aryl methyl sites for hydroxylation is 2. The topological polar surface area (TPSA) is 191 Å². The highest BCUT2D eigenvalue weighted by molar-refractivity contribution is 7.19. The second-order valence-electron chi connectivity index (χ2n) is 30.1. The van der Waals surface area contributed by atoms with E-state index in [1.165, 1.54) is 62.7 Å². The number of fused-ring (bicyclic) bond motifs is 4. The van der Waals surface area contributed by atoms with Gasteiger partial charge in [-0.25, -0.2) is 24.9 Å². The fourth-order valence-corrected chi connectivity index (χ4v) is 18.7. The smallest absolute Gasteiger partial charge is 0.384 e. The summed E-state index contributed by atoms with van der Waals surface area (Å²) in [4.78, 5) is 33.2. The average Bonchev–Trinajstić information content (AvgIpc) is 1.53. The van der Waals surface area contributed by atoms with Gasteiger partial charge in [-0.2, -0.15) is 36.9 Å². The first kappa shape index (κ1) is 72.6. The summed E-state index contributed by atoms with van der Waals surface area (Å²) >= 11 is 2.14. The molecule has 0 radical (unpaired) electrons. The van der Waals surface area contributed by atoms with E-state index in [4.69, 9.17) is 10.7 Å². The summed E-state index contributed by atoms with van der Waals surface area (Å²) in [6.45, 7) is 10.9. The van der Waals surface area contributed by atoms with Crippen LogP contribution in [0.3, 0.4) is 0 Å². The van der Waals surface area contributed by atoms with Gasteiger partial charge >= 0.3 is 12.4 Å². The third-order valence-corrected chi connectivity index (χ3v) is 25.1. The quantitative estimate of drug-likeness (QED) is 0.0455. The predicted octanol–water partition coefficient (Wildman–Crippen LogP) is 18.4. The molecule has 8 aromatic heterocycles. The first-order chi connectivity index (χ1) is 52.7. The van der Waals surface area contributed by atoms with Gasteiger partial charge in [0, 0.05) is 131 Å². The van der Waals surface area contributed by atoms with E-state index in [-0.39, 0.29) is 32.7 Å². The fraction of sp³-hybridized carbons (Fsp3) is 0.326. The van der Waals surface area contributed by atoms with Crippen LogP contribution in [0.1, 0.15) is 128 Å². The summed E-state index contributed by atoms with van der Waals surface area (Å²) in [6, 6.07) is 61.9. The number of pyridine rings is 2. The van der Waals surface area contributed by atoms with Crippen molar-refractivity contribution in [3.63, 3.8) is 0 Å². The Hall–Kier alpha value is -10.6. The zero-order valence-electron chi connectivity index (χ0n) is 60.5. The largest absolute Gasteiger partial charge is 0.393 e. The van der Waals surface area contributed by atoms with Crippen LogP contribution in [-0.2, 0) is 61.7 Å². The molecule has 2 aliphatic carbocycles. The van der Waals surface area contributed by atoms with Gasteiger partial charge in [-0.15, -0.1) is 22.7 Å². The summed E-state index contributed by atoms with van der Waals surface area (Å²) in [7, 11) is 0. The molecule has 4 aliphatic rings. The van der Waals surface area contributed by atoms with Gasteiger partial charge in [0.2, 0.25) is 0 Å². The number of nitriles is 2. The number of benzene rings is 5. The van der Waals surface area contributed by atoms with E-state index in [0.29, 0.717) is 55.7 Å². The molecular weight excluding hydrogens is 1420 g/mol. The number of nitrogens with two attached hydrogens (primary N) is 1. The van der Waals surface area contributed by atoms with Crippen LogP contribution in [0.5, 0.6) is 0 Å². The van der Waals surface area contributed by atoms with E-state index in [1.54, 1.807) is 12.1 Å². The van der Waals surface area contributed by atoms with Crippen molar-refractivity contribution in [1.29, 1.82) is 10.5 Å². The van der Waals surface area contributed by atoms with E-state index < -0.39 is 30.6 Å². The Balaban J connectivity index is 0.000000176. The molecule has 5 aromatic carbocycles. The van der Waals surface area contributed by atoms with Crippen LogP contribution < -0.4 is 16.4 Å². The monoisotopic (exact) mass is 1500 g/mol. The van der Waals surface area contributed by atoms with Crippen LogP contribution in [0.25, 0.3) is 42.2 Å². The molecule has 4 N–H and O–H groups in total. The number of nitrogens with one attached hydrogen (secondary N) is 2. The van der Waals surface area contributed by atoms with E-state index in [1.807, 2.05) is 18.3 Å². The maximum Gasteiger partial charge on any atom is 0.393 e. The van der Waals surface area contributed by atoms with Gasteiger partial charge in [0.25, 0.3) is 0 Å². The molecular formula is C86H81F6N15S2. The fourth-order valence-electron chi connectivity index (χ4n) is 16.7. The number of alkyl halides is 6. The Morgan fingerprint density at radius 3 is 1.27 bits per heavy atom. The van der Waals surface area contributed by atoms with Gasteiger partial charge in [-0.3, -0.25) is 14.8 Å². The predicted molar refractivity (Wildman–Crippen MR) is 419 cm³/mol. The number of likely N-dealkylation sites (tertiary alicyclic amines) is 2. The highest BCUT2D eigenvalue weighted by Gasteiger charge is 2.47. The Morgan fingerprint density at radius 1 is 0.486 bits per heavy atom. The summed E-state index contributed by atoms with van der Waals surface area (Å²) < 4.78 is 82.4. The van der Waals surface area contributed by atoms with E-state index in [9.17, 15) is 36.9 Å². The molecule has 17 rings (SSSR count). The molecule has 13 aromatic rings. The summed E-state index contributed by atoms with van der Waals surface area (Å²) in [5.41, 5.74) is 20.7. The number of thiophene rings is 2. The van der Waals surface area contributed by atoms with Crippen LogP contribution in [0.2, 0.25) is 0 Å². The lowest BCUT2D eigenvalue weighted by molar-refractivity contribution is -0.127. The van der Waals surface area contributed by atoms with Gasteiger partial charge < -0.3 is 25.5 Å². The number of nitrogen functional groups attached to an aromatic ring is 1. The minimum atomic E-state index is -4.27. The third-order valence-electron chi connectivity index (χ3n) is 23.0. The molecule has 0 amide bonds. The molecule has 2 saturated carbocycles. The molecule has 10 heterocycles. The number of hydrogen-bond acceptors (Lipinski definition) is 15. The number of halogens is 6. The van der Waals surface area contributed by atoms with Crippen molar-refractivity contribution in [2.75, 3.05) is 42.5 Å². The molecule has 0 atom stereocenters. The zero-order valence-corrected chi connectivity index (χ0v) is 62.1. The van der Waals surface area contributed by atoms with Crippen LogP contribution >= 0.6 is 22.7 Å². The van der Waals surface area contributed by atoms with Gasteiger partial charge in [-0.05, 0) is 164 Å². The standard InChI is InChI=1S/C53H48F3N7S.C33H33F3N8S/c1-36-37(33-62-25-21-42(22-26-62)61-49-47-28-45(30-53(54,55)56)64-50(47)60-35-59-49)17-20-48-46(36)27-44(31-57)63(48)34-51(23-24-51)41-18-19-43(58-32-41)29-52(38-11-5-2-6-12-38,39-13-7-3-8-14-39)40-15-9-4-10-16-40;1-20-21(2-4-28-26(20)12-24(15-37)44(28)18-32(8-9-32)22-3-5-29(38)39-16-22)17-43-10-6-23(7-11-43)42-30-27-13-25(14-33(34,35)36)45-31(27)41-19-40-30/h2-20,27-28,32,35,42H,21-26,29-30,33-34H2,1H3,(H,59,60,61);2-5,12-13,16,19,23H,6-11,14,17-18H2,1H3,(H2,38,39)(H,40,41,42). The lowest BCUT2D eigenvalue weighted by atomic mass is 9.66. The van der Waals surface area contributed by atoms with E-state index in [0.717, 1.165) is 154 Å². The van der Waals surface area contributed by atoms with Crippen LogP contribution in [0.4, 0.5) is 43.8 Å². The normalized spacial score (nSPS) is 16.3. The second kappa shape index (κ2) is 29.8. The number of piperidine rings is 2. The summed E-state index contributed by atoms with van der Waals surface area (Å²) in [5, 5.41) is 31.0. The first-order valence-electron chi connectivity index (χ1n) is 37.2. The van der Waals surface area contributed by atoms with Crippen molar-refractivity contribution in [2.45, 2.75) is 151 Å². The number of rotatable bonds is 21. The minimum absolute atomic E-state index is 0.0183. The molecule has 0 spiro atoms. The molecule has 554 valence electrons. The molecule has 109 heavy (non-hydrogen) atoms. The number of anilines is 3. The van der Waals surface area contributed by atoms with Crippen LogP contribution in [-0.4, -0.2) is 99.5 Å². The van der Waals surface area contributed by atoms with Crippen molar-refractivity contribution in [3.8, 4) is 12.1 Å². The molecule has 15 nitrogen and oxygen atoms in total. The summed E-state index contributed by atoms with van der Waals surface area (Å²) in [5.74, 6) is 1.71. The van der Waals surface area contributed by atoms with Gasteiger partial charge in [-0.1, -0.05) is 115 Å². The lowest BCUT2D eigenvalue weighted by Crippen LogP contribution is -2.39. The Bertz CT molecular complexity index is 5430. The average molecular weight is 1500 g/mol. The second-order valence-corrected chi connectivity index (χ2v) is 32.3. The lowest BCUT2D eigenvalue weighted by Gasteiger charge is -2.36. The molecule has 2 aliphatic heterocycles. The summed E-state index contributed by atoms with van der Waals surface area (Å²) in [6.07, 6.45) is 4.78. The molecule has 2 saturated heterocycles. The van der Waals surface area contributed by atoms with Gasteiger partial charge in [0.1, 0.15) is 63.3 Å². The zero-order chi connectivity index (χ0) is 75.2. The molecule has 4 fully saturated rings. The highest BCUT2D eigenvalue weighted by Crippen LogP contribution is 2.52. The van der Waals surface area contributed by atoms with Gasteiger partial charge in [0.15, 0.2) is 0 Å². The minimum Gasteiger partial charge on any atom is -0.384 e. The number of nitrogens with zero attached hydrogens (tertiary/aromatic N) is 12. The first-order valence-corrected chi connectivity index (χ1v) is 38.8. The molecule has 0 bridgehead atoms.